The van der Waals surface area contributed by atoms with Gasteiger partial charge in [0.05, 0.1) is 21.8 Å². The van der Waals surface area contributed by atoms with Crippen LogP contribution >= 0.6 is 11.6 Å². The minimum Gasteiger partial charge on any atom is -0.298 e. The molecule has 0 radical (unpaired) electrons. The van der Waals surface area contributed by atoms with Crippen LogP contribution in [0.5, 0.6) is 0 Å². The van der Waals surface area contributed by atoms with E-state index in [1.165, 1.54) is 30.5 Å². The summed E-state index contributed by atoms with van der Waals surface area (Å²) in [6.07, 6.45) is -3.50. The summed E-state index contributed by atoms with van der Waals surface area (Å²) >= 11 is 6.01. The number of benzene rings is 3. The number of aromatic nitrogens is 1. The van der Waals surface area contributed by atoms with Crippen molar-refractivity contribution >= 4 is 11.6 Å². The number of alkyl halides is 3. The molecule has 0 aliphatic carbocycles. The van der Waals surface area contributed by atoms with E-state index in [9.17, 15) is 26.3 Å². The van der Waals surface area contributed by atoms with Crippen molar-refractivity contribution in [1.82, 2.24) is 10.3 Å². The highest BCUT2D eigenvalue weighted by atomic mass is 35.5. The molecule has 0 saturated heterocycles. The number of hydrogen-bond donors (Lipinski definition) is 1. The van der Waals surface area contributed by atoms with Crippen LogP contribution in [-0.2, 0) is 24.7 Å². The van der Waals surface area contributed by atoms with Crippen LogP contribution in [0.2, 0.25) is 5.02 Å². The SMILES string of the molecule is Fc1cc(C(F)(F)F)cc(C(Cc2ccccc2)(NCc2cccc(F)c2F)c2ccc(Cl)cn2)c1. The normalized spacial score (nSPS) is 13.4. The summed E-state index contributed by atoms with van der Waals surface area (Å²) in [5.41, 5.74) is -2.03. The Morgan fingerprint density at radius 1 is 0.806 bits per heavy atom. The highest BCUT2D eigenvalue weighted by molar-refractivity contribution is 6.30. The van der Waals surface area contributed by atoms with Crippen molar-refractivity contribution in [2.24, 2.45) is 0 Å². The summed E-state index contributed by atoms with van der Waals surface area (Å²) in [5.74, 6) is -3.28. The molecule has 4 rings (SSSR count). The first-order chi connectivity index (χ1) is 17.1. The molecule has 9 heteroatoms. The van der Waals surface area contributed by atoms with Gasteiger partial charge in [0.1, 0.15) is 5.82 Å². The van der Waals surface area contributed by atoms with E-state index in [1.54, 1.807) is 30.3 Å². The Hall–Kier alpha value is -3.36. The average Bonchev–Trinajstić information content (AvgIpc) is 2.84. The maximum atomic E-state index is 14.6. The van der Waals surface area contributed by atoms with Crippen LogP contribution < -0.4 is 5.32 Å². The van der Waals surface area contributed by atoms with E-state index in [4.69, 9.17) is 11.6 Å². The lowest BCUT2D eigenvalue weighted by atomic mass is 9.79. The molecule has 2 nitrogen and oxygen atoms in total. The molecule has 0 bridgehead atoms. The second-order valence-corrected chi connectivity index (χ2v) is 8.66. The molecule has 0 spiro atoms. The van der Waals surface area contributed by atoms with E-state index < -0.39 is 34.7 Å². The van der Waals surface area contributed by atoms with Gasteiger partial charge in [-0.3, -0.25) is 10.3 Å². The highest BCUT2D eigenvalue weighted by Crippen LogP contribution is 2.38. The number of nitrogens with zero attached hydrogens (tertiary/aromatic N) is 1. The standard InChI is InChI=1S/C27H19ClF6N2/c28-21-9-10-24(35-16-21)26(14-17-5-2-1-3-6-17,36-15-18-7-4-8-23(30)25(18)31)19-11-20(27(32,33)34)13-22(29)12-19/h1-13,16,36H,14-15H2. The molecule has 0 amide bonds. The molecule has 36 heavy (non-hydrogen) atoms. The third-order valence-electron chi connectivity index (χ3n) is 5.81. The van der Waals surface area contributed by atoms with Crippen molar-refractivity contribution in [2.75, 3.05) is 0 Å². The minimum absolute atomic E-state index is 0.0140. The van der Waals surface area contributed by atoms with Gasteiger partial charge in [-0.25, -0.2) is 13.2 Å². The van der Waals surface area contributed by atoms with Crippen LogP contribution in [0.1, 0.15) is 27.9 Å². The fraction of sp³-hybridized carbons (Fsp3) is 0.148. The zero-order valence-electron chi connectivity index (χ0n) is 18.6. The van der Waals surface area contributed by atoms with E-state index in [0.717, 1.165) is 18.2 Å². The molecule has 0 aliphatic heterocycles. The van der Waals surface area contributed by atoms with Crippen LogP contribution in [-0.4, -0.2) is 4.98 Å². The molecule has 1 atom stereocenters. The first kappa shape index (κ1) is 25.7. The molecule has 3 aromatic carbocycles. The molecule has 1 aromatic heterocycles. The van der Waals surface area contributed by atoms with Crippen molar-refractivity contribution in [2.45, 2.75) is 24.7 Å². The van der Waals surface area contributed by atoms with Crippen LogP contribution in [0, 0.1) is 17.5 Å². The third-order valence-corrected chi connectivity index (χ3v) is 6.03. The zero-order valence-corrected chi connectivity index (χ0v) is 19.3. The van der Waals surface area contributed by atoms with Gasteiger partial charge in [-0.2, -0.15) is 13.2 Å². The second-order valence-electron chi connectivity index (χ2n) is 8.22. The maximum absolute atomic E-state index is 14.6. The summed E-state index contributed by atoms with van der Waals surface area (Å²) in [6, 6.07) is 17.6. The molecule has 0 saturated carbocycles. The number of rotatable bonds is 7. The van der Waals surface area contributed by atoms with Crippen molar-refractivity contribution in [3.63, 3.8) is 0 Å². The second kappa shape index (κ2) is 10.3. The van der Waals surface area contributed by atoms with E-state index in [-0.39, 0.29) is 34.8 Å². The van der Waals surface area contributed by atoms with E-state index >= 15 is 0 Å². The Kier molecular flexibility index (Phi) is 7.38. The molecule has 1 N–H and O–H groups in total. The summed E-state index contributed by atoms with van der Waals surface area (Å²) in [6.45, 7) is -0.293. The number of halogens is 7. The van der Waals surface area contributed by atoms with Gasteiger partial charge in [-0.1, -0.05) is 54.1 Å². The molecular weight excluding hydrogens is 502 g/mol. The Bertz CT molecular complexity index is 1340. The van der Waals surface area contributed by atoms with Crippen LogP contribution in [0.25, 0.3) is 0 Å². The summed E-state index contributed by atoms with van der Waals surface area (Å²) in [5, 5.41) is 3.35. The number of hydrogen-bond acceptors (Lipinski definition) is 2. The monoisotopic (exact) mass is 520 g/mol. The predicted octanol–water partition coefficient (Wildman–Crippen LogP) is 7.45. The average molecular weight is 521 g/mol. The fourth-order valence-corrected chi connectivity index (χ4v) is 4.17. The van der Waals surface area contributed by atoms with Crippen molar-refractivity contribution < 1.29 is 26.3 Å². The summed E-state index contributed by atoms with van der Waals surface area (Å²) < 4.78 is 83.9. The lowest BCUT2D eigenvalue weighted by Gasteiger charge is -2.36. The highest BCUT2D eigenvalue weighted by Gasteiger charge is 2.39. The van der Waals surface area contributed by atoms with E-state index in [1.807, 2.05) is 0 Å². The quantitative estimate of drug-likeness (QED) is 0.256. The van der Waals surface area contributed by atoms with Gasteiger partial charge in [-0.05, 0) is 47.5 Å². The van der Waals surface area contributed by atoms with Gasteiger partial charge in [0.25, 0.3) is 0 Å². The van der Waals surface area contributed by atoms with Gasteiger partial charge < -0.3 is 0 Å². The van der Waals surface area contributed by atoms with Crippen LogP contribution in [0.4, 0.5) is 26.3 Å². The Balaban J connectivity index is 1.94. The number of pyridine rings is 1. The lowest BCUT2D eigenvalue weighted by Crippen LogP contribution is -2.46. The van der Waals surface area contributed by atoms with E-state index in [2.05, 4.69) is 10.3 Å². The summed E-state index contributed by atoms with van der Waals surface area (Å²) in [4.78, 5) is 4.33. The largest absolute Gasteiger partial charge is 0.416 e. The first-order valence-corrected chi connectivity index (χ1v) is 11.2. The molecule has 4 aromatic rings. The smallest absolute Gasteiger partial charge is 0.298 e. The lowest BCUT2D eigenvalue weighted by molar-refractivity contribution is -0.137. The Morgan fingerprint density at radius 2 is 1.53 bits per heavy atom. The zero-order chi connectivity index (χ0) is 25.9. The Labute approximate surface area is 208 Å². The van der Waals surface area contributed by atoms with Crippen molar-refractivity contribution in [3.05, 3.63) is 135 Å². The van der Waals surface area contributed by atoms with Gasteiger partial charge in [0.15, 0.2) is 11.6 Å². The molecule has 186 valence electrons. The third kappa shape index (κ3) is 5.55. The van der Waals surface area contributed by atoms with Gasteiger partial charge in [0, 0.05) is 24.7 Å². The van der Waals surface area contributed by atoms with E-state index in [0.29, 0.717) is 11.6 Å². The fourth-order valence-electron chi connectivity index (χ4n) is 4.06. The predicted molar refractivity (Wildman–Crippen MR) is 125 cm³/mol. The first-order valence-electron chi connectivity index (χ1n) is 10.8. The molecule has 0 fully saturated rings. The maximum Gasteiger partial charge on any atom is 0.416 e. The van der Waals surface area contributed by atoms with Crippen LogP contribution in [0.15, 0.2) is 85.1 Å². The molecular formula is C27H19ClF6N2. The van der Waals surface area contributed by atoms with Gasteiger partial charge in [-0.15, -0.1) is 0 Å². The number of nitrogens with one attached hydrogen (secondary N) is 1. The topological polar surface area (TPSA) is 24.9 Å². The summed E-state index contributed by atoms with van der Waals surface area (Å²) in [7, 11) is 0. The van der Waals surface area contributed by atoms with Gasteiger partial charge >= 0.3 is 6.18 Å². The Morgan fingerprint density at radius 3 is 2.19 bits per heavy atom. The van der Waals surface area contributed by atoms with Gasteiger partial charge in [0.2, 0.25) is 0 Å². The van der Waals surface area contributed by atoms with Crippen LogP contribution in [0.3, 0.4) is 0 Å². The van der Waals surface area contributed by atoms with Crippen molar-refractivity contribution in [3.8, 4) is 0 Å². The minimum atomic E-state index is -4.82. The molecule has 1 heterocycles. The molecule has 1 unspecified atom stereocenters. The van der Waals surface area contributed by atoms with Crippen molar-refractivity contribution in [1.29, 1.82) is 0 Å². The molecule has 0 aliphatic rings.